The molecule has 0 fully saturated rings. The maximum atomic E-state index is 10.7. The van der Waals surface area contributed by atoms with Crippen LogP contribution in [0.3, 0.4) is 0 Å². The van der Waals surface area contributed by atoms with E-state index in [0.29, 0.717) is 12.2 Å². The largest absolute Gasteiger partial charge is 0.481 e. The van der Waals surface area contributed by atoms with Crippen molar-refractivity contribution in [2.24, 2.45) is 0 Å². The Morgan fingerprint density at radius 3 is 2.55 bits per heavy atom. The molecule has 0 saturated carbocycles. The molecule has 4 heteroatoms. The first-order valence-electron chi connectivity index (χ1n) is 6.73. The van der Waals surface area contributed by atoms with Crippen LogP contribution in [-0.2, 0) is 17.6 Å². The highest BCUT2D eigenvalue weighted by Crippen LogP contribution is 2.23. The Bertz CT molecular complexity index is 606. The molecule has 2 rings (SSSR count). The molecule has 0 saturated heterocycles. The predicted molar refractivity (Wildman–Crippen MR) is 77.5 cm³/mol. The van der Waals surface area contributed by atoms with Gasteiger partial charge in [0.1, 0.15) is 5.82 Å². The Hall–Kier alpha value is -2.23. The maximum Gasteiger partial charge on any atom is 0.303 e. The summed E-state index contributed by atoms with van der Waals surface area (Å²) >= 11 is 0. The van der Waals surface area contributed by atoms with Gasteiger partial charge in [-0.2, -0.15) is 0 Å². The minimum atomic E-state index is -0.808. The second-order valence-corrected chi connectivity index (χ2v) is 4.74. The second kappa shape index (κ2) is 6.28. The molecule has 0 bridgehead atoms. The zero-order chi connectivity index (χ0) is 14.5. The van der Waals surface area contributed by atoms with Crippen molar-refractivity contribution in [1.29, 1.82) is 0 Å². The maximum absolute atomic E-state index is 10.7. The third kappa shape index (κ3) is 3.41. The van der Waals surface area contributed by atoms with Crippen molar-refractivity contribution < 1.29 is 9.90 Å². The van der Waals surface area contributed by atoms with Crippen LogP contribution in [0.25, 0.3) is 11.3 Å². The number of carboxylic acids is 1. The highest BCUT2D eigenvalue weighted by molar-refractivity contribution is 5.68. The topological polar surface area (TPSA) is 63.1 Å². The van der Waals surface area contributed by atoms with Crippen LogP contribution in [0.2, 0.25) is 0 Å². The Labute approximate surface area is 118 Å². The summed E-state index contributed by atoms with van der Waals surface area (Å²) in [6.07, 6.45) is 3.26. The van der Waals surface area contributed by atoms with Crippen LogP contribution in [0, 0.1) is 6.92 Å². The van der Waals surface area contributed by atoms with Gasteiger partial charge in [0.2, 0.25) is 0 Å². The van der Waals surface area contributed by atoms with Gasteiger partial charge in [-0.25, -0.2) is 9.97 Å². The van der Waals surface area contributed by atoms with Crippen LogP contribution in [0.5, 0.6) is 0 Å². The van der Waals surface area contributed by atoms with E-state index in [1.165, 1.54) is 5.56 Å². The number of nitrogens with zero attached hydrogens (tertiary/aromatic N) is 2. The van der Waals surface area contributed by atoms with Crippen molar-refractivity contribution in [2.45, 2.75) is 33.1 Å². The summed E-state index contributed by atoms with van der Waals surface area (Å²) in [5.74, 6) is -0.114. The molecule has 0 amide bonds. The number of benzene rings is 1. The molecule has 104 valence electrons. The summed E-state index contributed by atoms with van der Waals surface area (Å²) in [4.78, 5) is 19.4. The summed E-state index contributed by atoms with van der Waals surface area (Å²) in [5, 5.41) is 8.82. The van der Waals surface area contributed by atoms with Crippen molar-refractivity contribution in [2.75, 3.05) is 0 Å². The van der Waals surface area contributed by atoms with Crippen molar-refractivity contribution in [1.82, 2.24) is 9.97 Å². The minimum absolute atomic E-state index is 0.0897. The lowest BCUT2D eigenvalue weighted by Crippen LogP contribution is -2.02. The summed E-state index contributed by atoms with van der Waals surface area (Å²) < 4.78 is 0. The molecule has 0 spiro atoms. The number of rotatable bonds is 5. The van der Waals surface area contributed by atoms with Crippen LogP contribution in [0.15, 0.2) is 30.5 Å². The molecular weight excluding hydrogens is 252 g/mol. The fourth-order valence-corrected chi connectivity index (χ4v) is 2.07. The van der Waals surface area contributed by atoms with E-state index in [2.05, 4.69) is 29.0 Å². The number of hydrogen-bond donors (Lipinski definition) is 1. The molecule has 2 aromatic rings. The highest BCUT2D eigenvalue weighted by atomic mass is 16.4. The van der Waals surface area contributed by atoms with Crippen LogP contribution in [-0.4, -0.2) is 21.0 Å². The van der Waals surface area contributed by atoms with Crippen LogP contribution in [0.1, 0.15) is 30.3 Å². The van der Waals surface area contributed by atoms with Crippen LogP contribution in [0.4, 0.5) is 0 Å². The zero-order valence-corrected chi connectivity index (χ0v) is 11.8. The Morgan fingerprint density at radius 1 is 1.25 bits per heavy atom. The number of carbonyl (C=O) groups is 1. The summed E-state index contributed by atoms with van der Waals surface area (Å²) in [6.45, 7) is 3.95. The summed E-state index contributed by atoms with van der Waals surface area (Å²) in [6, 6.07) is 8.22. The molecule has 0 unspecified atom stereocenters. The molecule has 1 aromatic heterocycles. The van der Waals surface area contributed by atoms with E-state index in [9.17, 15) is 4.79 Å². The smallest absolute Gasteiger partial charge is 0.303 e. The van der Waals surface area contributed by atoms with Gasteiger partial charge in [0.05, 0.1) is 5.69 Å². The number of carboxylic acid groups (broad SMARTS) is 1. The van der Waals surface area contributed by atoms with Gasteiger partial charge in [-0.15, -0.1) is 0 Å². The Balaban J connectivity index is 2.36. The van der Waals surface area contributed by atoms with Crippen molar-refractivity contribution in [3.8, 4) is 11.3 Å². The fraction of sp³-hybridized carbons (Fsp3) is 0.312. The monoisotopic (exact) mass is 270 g/mol. The first-order chi connectivity index (χ1) is 9.60. The predicted octanol–water partition coefficient (Wildman–Crippen LogP) is 3.03. The average Bonchev–Trinajstić information content (AvgIpc) is 2.46. The average molecular weight is 270 g/mol. The van der Waals surface area contributed by atoms with E-state index in [-0.39, 0.29) is 6.42 Å². The SMILES string of the molecule is CCc1ccc(-c2nc(C)ncc2CCC(=O)O)cc1. The number of aryl methyl sites for hydroxylation is 3. The summed E-state index contributed by atoms with van der Waals surface area (Å²) in [5.41, 5.74) is 3.99. The molecule has 1 heterocycles. The zero-order valence-electron chi connectivity index (χ0n) is 11.8. The second-order valence-electron chi connectivity index (χ2n) is 4.74. The van der Waals surface area contributed by atoms with Gasteiger partial charge in [-0.3, -0.25) is 4.79 Å². The molecule has 0 atom stereocenters. The van der Waals surface area contributed by atoms with Gasteiger partial charge < -0.3 is 5.11 Å². The number of hydrogen-bond acceptors (Lipinski definition) is 3. The van der Waals surface area contributed by atoms with E-state index >= 15 is 0 Å². The van der Waals surface area contributed by atoms with Crippen molar-refractivity contribution in [3.05, 3.63) is 47.4 Å². The standard InChI is InChI=1S/C16H18N2O2/c1-3-12-4-6-13(7-5-12)16-14(8-9-15(19)20)10-17-11(2)18-16/h4-7,10H,3,8-9H2,1-2H3,(H,19,20). The van der Waals surface area contributed by atoms with Crippen molar-refractivity contribution >= 4 is 5.97 Å². The fourth-order valence-electron chi connectivity index (χ4n) is 2.07. The van der Waals surface area contributed by atoms with Gasteiger partial charge in [0.25, 0.3) is 0 Å². The number of aliphatic carboxylic acids is 1. The molecule has 1 N–H and O–H groups in total. The first-order valence-corrected chi connectivity index (χ1v) is 6.73. The van der Waals surface area contributed by atoms with Crippen LogP contribution < -0.4 is 0 Å². The number of aromatic nitrogens is 2. The van der Waals surface area contributed by atoms with Crippen LogP contribution >= 0.6 is 0 Å². The molecular formula is C16H18N2O2. The highest BCUT2D eigenvalue weighted by Gasteiger charge is 2.10. The Kier molecular flexibility index (Phi) is 4.45. The molecule has 20 heavy (non-hydrogen) atoms. The molecule has 0 aliphatic carbocycles. The lowest BCUT2D eigenvalue weighted by atomic mass is 10.0. The third-order valence-electron chi connectivity index (χ3n) is 3.23. The summed E-state index contributed by atoms with van der Waals surface area (Å²) in [7, 11) is 0. The van der Waals surface area contributed by atoms with Gasteiger partial charge >= 0.3 is 5.97 Å². The van der Waals surface area contributed by atoms with E-state index in [1.54, 1.807) is 6.20 Å². The molecule has 0 aliphatic heterocycles. The molecule has 0 radical (unpaired) electrons. The quantitative estimate of drug-likeness (QED) is 0.907. The van der Waals surface area contributed by atoms with E-state index in [4.69, 9.17) is 5.11 Å². The van der Waals surface area contributed by atoms with E-state index in [0.717, 1.165) is 23.2 Å². The molecule has 4 nitrogen and oxygen atoms in total. The molecule has 0 aliphatic rings. The molecule has 1 aromatic carbocycles. The van der Waals surface area contributed by atoms with Gasteiger partial charge in [0.15, 0.2) is 0 Å². The minimum Gasteiger partial charge on any atom is -0.481 e. The van der Waals surface area contributed by atoms with E-state index < -0.39 is 5.97 Å². The van der Waals surface area contributed by atoms with Gasteiger partial charge in [0, 0.05) is 18.2 Å². The third-order valence-corrected chi connectivity index (χ3v) is 3.23. The van der Waals surface area contributed by atoms with Gasteiger partial charge in [-0.1, -0.05) is 31.2 Å². The lowest BCUT2D eigenvalue weighted by Gasteiger charge is -2.09. The van der Waals surface area contributed by atoms with E-state index in [1.807, 2.05) is 19.1 Å². The van der Waals surface area contributed by atoms with Gasteiger partial charge in [-0.05, 0) is 30.9 Å². The normalized spacial score (nSPS) is 10.5. The van der Waals surface area contributed by atoms with Crippen molar-refractivity contribution in [3.63, 3.8) is 0 Å². The first kappa shape index (κ1) is 14.2. The Morgan fingerprint density at radius 2 is 1.95 bits per heavy atom. The lowest BCUT2D eigenvalue weighted by molar-refractivity contribution is -0.136.